The molecule has 0 aromatic rings. The van der Waals surface area contributed by atoms with Crippen molar-refractivity contribution >= 4 is 29.4 Å². The summed E-state index contributed by atoms with van der Waals surface area (Å²) in [4.78, 5) is 11.5. The van der Waals surface area contributed by atoms with Crippen LogP contribution in [0.2, 0.25) is 0 Å². The predicted molar refractivity (Wildman–Crippen MR) is 56.5 cm³/mol. The molecule has 72 valence electrons. The zero-order valence-electron chi connectivity index (χ0n) is 7.45. The number of rotatable bonds is 3. The summed E-state index contributed by atoms with van der Waals surface area (Å²) in [6.45, 7) is 1.85. The smallest absolute Gasteiger partial charge is 0.243 e. The van der Waals surface area contributed by atoms with E-state index in [-0.39, 0.29) is 16.5 Å². The highest BCUT2D eigenvalue weighted by Crippen LogP contribution is 2.31. The lowest BCUT2D eigenvalue weighted by atomic mass is 10.2. The first-order chi connectivity index (χ1) is 6.24. The van der Waals surface area contributed by atoms with Gasteiger partial charge >= 0.3 is 0 Å². The quantitative estimate of drug-likeness (QED) is 0.770. The molecule has 1 heterocycles. The highest BCUT2D eigenvalue weighted by Gasteiger charge is 2.24. The molecule has 1 unspecified atom stereocenters. The molecule has 0 bridgehead atoms. The number of carbonyl (C=O) groups excluding carboxylic acids is 1. The second kappa shape index (κ2) is 5.40. The summed E-state index contributed by atoms with van der Waals surface area (Å²) in [6.07, 6.45) is 0.383. The van der Waals surface area contributed by atoms with E-state index in [1.165, 1.54) is 0 Å². The van der Waals surface area contributed by atoms with Crippen LogP contribution in [0.15, 0.2) is 0 Å². The van der Waals surface area contributed by atoms with Gasteiger partial charge in [-0.05, 0) is 6.92 Å². The van der Waals surface area contributed by atoms with Gasteiger partial charge in [-0.2, -0.15) is 5.26 Å². The minimum absolute atomic E-state index is 0.0284. The molecule has 1 amide bonds. The number of nitriles is 1. The second-order valence-corrected chi connectivity index (χ2v) is 5.57. The number of carbonyl (C=O) groups is 1. The first-order valence-electron chi connectivity index (χ1n) is 4.14. The summed E-state index contributed by atoms with van der Waals surface area (Å²) in [5, 5.41) is 11.2. The molecular formula is C8H12N2OS2. The van der Waals surface area contributed by atoms with Gasteiger partial charge in [-0.1, -0.05) is 0 Å². The fourth-order valence-electron chi connectivity index (χ4n) is 1.01. The van der Waals surface area contributed by atoms with Gasteiger partial charge in [-0.3, -0.25) is 4.79 Å². The lowest BCUT2D eigenvalue weighted by Crippen LogP contribution is -2.36. The largest absolute Gasteiger partial charge is 0.351 e. The Balaban J connectivity index is 2.28. The predicted octanol–water partition coefficient (Wildman–Crippen LogP) is 1.21. The van der Waals surface area contributed by atoms with E-state index in [0.29, 0.717) is 6.42 Å². The lowest BCUT2D eigenvalue weighted by molar-refractivity contribution is -0.119. The lowest BCUT2D eigenvalue weighted by Gasteiger charge is -2.13. The minimum atomic E-state index is -0.0284. The Labute approximate surface area is 86.6 Å². The zero-order chi connectivity index (χ0) is 9.68. The van der Waals surface area contributed by atoms with Gasteiger partial charge < -0.3 is 5.32 Å². The van der Waals surface area contributed by atoms with E-state index in [1.807, 2.05) is 13.0 Å². The van der Waals surface area contributed by atoms with Crippen molar-refractivity contribution in [2.45, 2.75) is 24.0 Å². The van der Waals surface area contributed by atoms with Crippen molar-refractivity contribution in [3.63, 3.8) is 0 Å². The van der Waals surface area contributed by atoms with Gasteiger partial charge in [-0.25, -0.2) is 0 Å². The number of amides is 1. The van der Waals surface area contributed by atoms with Crippen LogP contribution in [-0.2, 0) is 4.79 Å². The highest BCUT2D eigenvalue weighted by molar-refractivity contribution is 8.21. The topological polar surface area (TPSA) is 52.9 Å². The molecule has 1 N–H and O–H groups in total. The van der Waals surface area contributed by atoms with Crippen molar-refractivity contribution in [3.05, 3.63) is 0 Å². The fourth-order valence-corrected chi connectivity index (χ4v) is 3.61. The molecule has 1 rings (SSSR count). The van der Waals surface area contributed by atoms with Crippen LogP contribution in [0, 0.1) is 11.3 Å². The maximum Gasteiger partial charge on any atom is 0.243 e. The fraction of sp³-hybridized carbons (Fsp3) is 0.750. The number of nitrogens with one attached hydrogen (secondary N) is 1. The van der Waals surface area contributed by atoms with Crippen LogP contribution in [0.4, 0.5) is 0 Å². The number of nitrogens with zero attached hydrogens (tertiary/aromatic N) is 1. The maximum atomic E-state index is 11.5. The molecule has 0 saturated carbocycles. The van der Waals surface area contributed by atoms with E-state index < -0.39 is 0 Å². The van der Waals surface area contributed by atoms with Crippen LogP contribution in [0.5, 0.6) is 0 Å². The van der Waals surface area contributed by atoms with Crippen molar-refractivity contribution in [1.29, 1.82) is 5.26 Å². The van der Waals surface area contributed by atoms with E-state index in [0.717, 1.165) is 11.5 Å². The molecule has 1 atom stereocenters. The summed E-state index contributed by atoms with van der Waals surface area (Å²) in [5.74, 6) is 2.17. The van der Waals surface area contributed by atoms with Crippen molar-refractivity contribution in [1.82, 2.24) is 5.32 Å². The Hall–Kier alpha value is -0.340. The molecule has 3 nitrogen and oxygen atoms in total. The molecule has 0 aliphatic carbocycles. The van der Waals surface area contributed by atoms with Crippen molar-refractivity contribution < 1.29 is 4.79 Å². The molecule has 1 saturated heterocycles. The number of hydrogen-bond acceptors (Lipinski definition) is 4. The van der Waals surface area contributed by atoms with Crippen LogP contribution >= 0.6 is 23.5 Å². The van der Waals surface area contributed by atoms with E-state index in [2.05, 4.69) is 5.32 Å². The van der Waals surface area contributed by atoms with Crippen molar-refractivity contribution in [2.75, 3.05) is 11.5 Å². The van der Waals surface area contributed by atoms with Crippen molar-refractivity contribution in [2.24, 2.45) is 0 Å². The summed E-state index contributed by atoms with van der Waals surface area (Å²) < 4.78 is 0.0427. The summed E-state index contributed by atoms with van der Waals surface area (Å²) in [6, 6.07) is 2.01. The standard InChI is InChI=1S/C8H12N2OS2/c1-6(2-3-9)10-7(11)8-12-4-5-13-8/h6,8H,2,4-5H2,1H3,(H,10,11). The van der Waals surface area contributed by atoms with Gasteiger partial charge in [0.25, 0.3) is 0 Å². The molecule has 1 aliphatic heterocycles. The summed E-state index contributed by atoms with van der Waals surface area (Å²) >= 11 is 3.36. The molecule has 0 aromatic heterocycles. The van der Waals surface area contributed by atoms with Gasteiger partial charge in [0.2, 0.25) is 5.91 Å². The summed E-state index contributed by atoms with van der Waals surface area (Å²) in [7, 11) is 0. The monoisotopic (exact) mass is 216 g/mol. The minimum Gasteiger partial charge on any atom is -0.351 e. The number of thioether (sulfide) groups is 2. The molecule has 1 aliphatic rings. The van der Waals surface area contributed by atoms with E-state index in [1.54, 1.807) is 23.5 Å². The Morgan fingerprint density at radius 1 is 1.69 bits per heavy atom. The zero-order valence-corrected chi connectivity index (χ0v) is 9.08. The Bertz CT molecular complexity index is 221. The first kappa shape index (κ1) is 10.7. The van der Waals surface area contributed by atoms with Crippen LogP contribution in [-0.4, -0.2) is 28.0 Å². The maximum absolute atomic E-state index is 11.5. The third kappa shape index (κ3) is 3.49. The highest BCUT2D eigenvalue weighted by atomic mass is 32.2. The van der Waals surface area contributed by atoms with Crippen molar-refractivity contribution in [3.8, 4) is 6.07 Å². The Morgan fingerprint density at radius 2 is 2.31 bits per heavy atom. The van der Waals surface area contributed by atoms with Gasteiger partial charge in [0.1, 0.15) is 4.58 Å². The Kier molecular flexibility index (Phi) is 4.46. The average molecular weight is 216 g/mol. The van der Waals surface area contributed by atoms with Crippen LogP contribution < -0.4 is 5.32 Å². The van der Waals surface area contributed by atoms with Gasteiger partial charge in [-0.15, -0.1) is 23.5 Å². The molecule has 13 heavy (non-hydrogen) atoms. The number of hydrogen-bond donors (Lipinski definition) is 1. The SMILES string of the molecule is CC(CC#N)NC(=O)C1SCCS1. The second-order valence-electron chi connectivity index (χ2n) is 2.85. The molecule has 0 aromatic carbocycles. The van der Waals surface area contributed by atoms with Gasteiger partial charge in [0.05, 0.1) is 12.5 Å². The molecule has 0 radical (unpaired) electrons. The average Bonchev–Trinajstić information content (AvgIpc) is 2.55. The van der Waals surface area contributed by atoms with E-state index >= 15 is 0 Å². The normalized spacial score (nSPS) is 19.4. The van der Waals surface area contributed by atoms with Crippen LogP contribution in [0.25, 0.3) is 0 Å². The first-order valence-corrected chi connectivity index (χ1v) is 6.24. The molecule has 1 fully saturated rings. The third-order valence-electron chi connectivity index (χ3n) is 1.62. The van der Waals surface area contributed by atoms with Crippen LogP contribution in [0.1, 0.15) is 13.3 Å². The molecular weight excluding hydrogens is 204 g/mol. The van der Waals surface area contributed by atoms with Gasteiger partial charge in [0, 0.05) is 17.5 Å². The third-order valence-corrected chi connectivity index (χ3v) is 4.61. The van der Waals surface area contributed by atoms with E-state index in [4.69, 9.17) is 5.26 Å². The van der Waals surface area contributed by atoms with Crippen LogP contribution in [0.3, 0.4) is 0 Å². The van der Waals surface area contributed by atoms with Gasteiger partial charge in [0.15, 0.2) is 0 Å². The van der Waals surface area contributed by atoms with E-state index in [9.17, 15) is 4.79 Å². The summed E-state index contributed by atoms with van der Waals surface area (Å²) in [5.41, 5.74) is 0. The Morgan fingerprint density at radius 3 is 2.85 bits per heavy atom. The molecule has 5 heteroatoms. The molecule has 0 spiro atoms.